The van der Waals surface area contributed by atoms with E-state index in [9.17, 15) is 4.79 Å². The topological polar surface area (TPSA) is 41.1 Å². The Kier molecular flexibility index (Phi) is 3.31. The average Bonchev–Trinajstić information content (AvgIpc) is 3.07. The van der Waals surface area contributed by atoms with Crippen molar-refractivity contribution >= 4 is 17.7 Å². The number of benzene rings is 1. The first-order valence-corrected chi connectivity index (χ1v) is 8.68. The van der Waals surface area contributed by atoms with Crippen LogP contribution in [-0.4, -0.2) is 11.3 Å². The lowest BCUT2D eigenvalue weighted by atomic mass is 9.94. The van der Waals surface area contributed by atoms with Crippen LogP contribution in [0.1, 0.15) is 43.5 Å². The van der Waals surface area contributed by atoms with E-state index in [-0.39, 0.29) is 23.4 Å². The van der Waals surface area contributed by atoms with Gasteiger partial charge in [-0.2, -0.15) is 0 Å². The van der Waals surface area contributed by atoms with Gasteiger partial charge in [0.2, 0.25) is 5.91 Å². The molecule has 4 heteroatoms. The third-order valence-corrected chi connectivity index (χ3v) is 6.19. The van der Waals surface area contributed by atoms with Gasteiger partial charge in [0.05, 0.1) is 11.3 Å². The van der Waals surface area contributed by atoms with E-state index in [0.29, 0.717) is 0 Å². The summed E-state index contributed by atoms with van der Waals surface area (Å²) in [5.74, 6) is 0.251. The molecule has 1 amide bonds. The van der Waals surface area contributed by atoms with Gasteiger partial charge >= 0.3 is 0 Å². The van der Waals surface area contributed by atoms with Crippen LogP contribution in [0.3, 0.4) is 0 Å². The van der Waals surface area contributed by atoms with E-state index in [1.54, 1.807) is 0 Å². The van der Waals surface area contributed by atoms with Crippen molar-refractivity contribution < 1.29 is 4.79 Å². The van der Waals surface area contributed by atoms with Crippen molar-refractivity contribution in [2.75, 3.05) is 0 Å². The van der Waals surface area contributed by atoms with Gasteiger partial charge in [0.1, 0.15) is 6.17 Å². The van der Waals surface area contributed by atoms with Crippen LogP contribution < -0.4 is 10.6 Å². The third kappa shape index (κ3) is 2.21. The number of aryl methyl sites for hydroxylation is 1. The molecule has 0 spiro atoms. The summed E-state index contributed by atoms with van der Waals surface area (Å²) in [6.45, 7) is 2.16. The van der Waals surface area contributed by atoms with Crippen molar-refractivity contribution in [3.63, 3.8) is 0 Å². The molecule has 1 aromatic carbocycles. The Hall–Kier alpha value is -1.26. The number of hydrogen-bond donors (Lipinski definition) is 2. The minimum Gasteiger partial charge on any atom is -0.336 e. The summed E-state index contributed by atoms with van der Waals surface area (Å²) < 4.78 is 0. The molecule has 0 radical (unpaired) electrons. The summed E-state index contributed by atoms with van der Waals surface area (Å²) in [7, 11) is 0. The van der Waals surface area contributed by atoms with Gasteiger partial charge in [0.25, 0.3) is 0 Å². The molecule has 1 aliphatic carbocycles. The molecule has 2 N–H and O–H groups in total. The summed E-state index contributed by atoms with van der Waals surface area (Å²) in [6.07, 6.45) is 4.47. The number of amides is 1. The largest absolute Gasteiger partial charge is 0.336 e. The fraction of sp³-hybridized carbons (Fsp3) is 0.471. The van der Waals surface area contributed by atoms with E-state index in [1.807, 2.05) is 11.8 Å². The van der Waals surface area contributed by atoms with Crippen LogP contribution in [0, 0.1) is 5.92 Å². The number of carbonyl (C=O) groups excluding carboxylic acids is 1. The molecule has 3 unspecified atom stereocenters. The Morgan fingerprint density at radius 2 is 2.05 bits per heavy atom. The van der Waals surface area contributed by atoms with Crippen LogP contribution in [0.25, 0.3) is 0 Å². The first kappa shape index (κ1) is 13.4. The summed E-state index contributed by atoms with van der Waals surface area (Å²) in [4.78, 5) is 14.0. The highest BCUT2D eigenvalue weighted by atomic mass is 32.2. The van der Waals surface area contributed by atoms with E-state index in [1.165, 1.54) is 22.5 Å². The Morgan fingerprint density at radius 1 is 1.24 bits per heavy atom. The Morgan fingerprint density at radius 3 is 2.81 bits per heavy atom. The summed E-state index contributed by atoms with van der Waals surface area (Å²) in [6, 6.07) is 8.54. The second-order valence-corrected chi connectivity index (χ2v) is 7.26. The number of rotatable bonds is 2. The van der Waals surface area contributed by atoms with E-state index in [2.05, 4.69) is 41.8 Å². The number of hydrogen-bond acceptors (Lipinski definition) is 3. The van der Waals surface area contributed by atoms with E-state index < -0.39 is 0 Å². The van der Waals surface area contributed by atoms with Gasteiger partial charge < -0.3 is 5.32 Å². The molecule has 1 saturated heterocycles. The van der Waals surface area contributed by atoms with Gasteiger partial charge in [-0.25, -0.2) is 0 Å². The van der Waals surface area contributed by atoms with Crippen LogP contribution in [0.4, 0.5) is 0 Å². The van der Waals surface area contributed by atoms with Gasteiger partial charge in [-0.3, -0.25) is 10.1 Å². The highest BCUT2D eigenvalue weighted by Crippen LogP contribution is 2.50. The molecule has 2 heterocycles. The minimum absolute atomic E-state index is 0.0543. The van der Waals surface area contributed by atoms with Crippen LogP contribution in [0.2, 0.25) is 0 Å². The molecular weight excluding hydrogens is 280 g/mol. The normalized spacial score (nSPS) is 31.1. The van der Waals surface area contributed by atoms with Crippen LogP contribution >= 0.6 is 11.8 Å². The quantitative estimate of drug-likeness (QED) is 0.882. The Balaban J connectivity index is 1.55. The monoisotopic (exact) mass is 300 g/mol. The maximum Gasteiger partial charge on any atom is 0.231 e. The zero-order valence-corrected chi connectivity index (χ0v) is 13.0. The van der Waals surface area contributed by atoms with Gasteiger partial charge in [-0.05, 0) is 47.3 Å². The molecule has 110 valence electrons. The lowest BCUT2D eigenvalue weighted by molar-refractivity contribution is -0.127. The van der Waals surface area contributed by atoms with Gasteiger partial charge in [0, 0.05) is 0 Å². The number of fused-ring (bicyclic) bond motifs is 2. The number of carbonyl (C=O) groups is 1. The summed E-state index contributed by atoms with van der Waals surface area (Å²) in [5.41, 5.74) is 3.87. The highest BCUT2D eigenvalue weighted by molar-refractivity contribution is 8.04. The molecule has 0 bridgehead atoms. The van der Waals surface area contributed by atoms with E-state index in [4.69, 9.17) is 0 Å². The van der Waals surface area contributed by atoms with Gasteiger partial charge in [-0.15, -0.1) is 11.8 Å². The summed E-state index contributed by atoms with van der Waals surface area (Å²) >= 11 is 1.88. The molecule has 3 atom stereocenters. The van der Waals surface area contributed by atoms with Crippen LogP contribution in [-0.2, 0) is 11.2 Å². The fourth-order valence-electron chi connectivity index (χ4n) is 3.60. The SMILES string of the molecule is CCc1ccc(C2NC(=O)C3C4=C(CCC4)SC3N2)cc1. The maximum absolute atomic E-state index is 12.5. The average molecular weight is 300 g/mol. The molecule has 0 saturated carbocycles. The van der Waals surface area contributed by atoms with Crippen molar-refractivity contribution in [2.24, 2.45) is 5.92 Å². The standard InChI is InChI=1S/C17H20N2OS/c1-2-10-6-8-11(9-7-10)15-18-16(20)14-12-4-3-5-13(12)21-17(14)19-15/h6-9,14-15,17,19H,2-5H2,1H3,(H,18,20). The number of thioether (sulfide) groups is 1. The zero-order chi connectivity index (χ0) is 14.4. The molecule has 3 aliphatic rings. The third-order valence-electron chi connectivity index (χ3n) is 4.78. The fourth-order valence-corrected chi connectivity index (χ4v) is 5.17. The molecule has 21 heavy (non-hydrogen) atoms. The molecule has 0 aromatic heterocycles. The lowest BCUT2D eigenvalue weighted by Crippen LogP contribution is -2.54. The highest BCUT2D eigenvalue weighted by Gasteiger charge is 2.45. The molecule has 2 aliphatic heterocycles. The lowest BCUT2D eigenvalue weighted by Gasteiger charge is -2.35. The summed E-state index contributed by atoms with van der Waals surface area (Å²) in [5, 5.41) is 7.00. The van der Waals surface area contributed by atoms with Gasteiger partial charge in [-0.1, -0.05) is 31.2 Å². The smallest absolute Gasteiger partial charge is 0.231 e. The number of allylic oxidation sites excluding steroid dienone is 1. The van der Waals surface area contributed by atoms with Gasteiger partial charge in [0.15, 0.2) is 0 Å². The zero-order valence-electron chi connectivity index (χ0n) is 12.2. The van der Waals surface area contributed by atoms with Crippen LogP contribution in [0.15, 0.2) is 34.7 Å². The van der Waals surface area contributed by atoms with Crippen molar-refractivity contribution in [1.82, 2.24) is 10.6 Å². The predicted molar refractivity (Wildman–Crippen MR) is 85.6 cm³/mol. The van der Waals surface area contributed by atoms with Crippen molar-refractivity contribution in [3.8, 4) is 0 Å². The predicted octanol–water partition coefficient (Wildman–Crippen LogP) is 3.09. The Bertz CT molecular complexity index is 608. The maximum atomic E-state index is 12.5. The van der Waals surface area contributed by atoms with Crippen LogP contribution in [0.5, 0.6) is 0 Å². The molecular formula is C17H20N2OS. The van der Waals surface area contributed by atoms with E-state index >= 15 is 0 Å². The van der Waals surface area contributed by atoms with Crippen molar-refractivity contribution in [1.29, 1.82) is 0 Å². The Labute approximate surface area is 129 Å². The second kappa shape index (κ2) is 5.18. The first-order valence-electron chi connectivity index (χ1n) is 7.80. The minimum atomic E-state index is -0.0582. The van der Waals surface area contributed by atoms with Crippen molar-refractivity contribution in [3.05, 3.63) is 45.9 Å². The second-order valence-electron chi connectivity index (χ2n) is 6.02. The molecule has 3 nitrogen and oxygen atoms in total. The van der Waals surface area contributed by atoms with E-state index in [0.717, 1.165) is 24.8 Å². The number of nitrogens with one attached hydrogen (secondary N) is 2. The molecule has 1 fully saturated rings. The molecule has 4 rings (SSSR count). The van der Waals surface area contributed by atoms with Crippen molar-refractivity contribution in [2.45, 2.75) is 44.1 Å². The molecule has 1 aromatic rings. The first-order chi connectivity index (χ1) is 10.3.